The summed E-state index contributed by atoms with van der Waals surface area (Å²) in [5.74, 6) is -0.00907. The van der Waals surface area contributed by atoms with Crippen LogP contribution in [0.1, 0.15) is 47.5 Å². The third-order valence-corrected chi connectivity index (χ3v) is 3.92. The van der Waals surface area contributed by atoms with Gasteiger partial charge in [0.2, 0.25) is 0 Å². The number of amides is 1. The van der Waals surface area contributed by atoms with Gasteiger partial charge in [0.15, 0.2) is 11.4 Å². The van der Waals surface area contributed by atoms with Gasteiger partial charge in [-0.15, -0.1) is 0 Å². The van der Waals surface area contributed by atoms with Crippen LogP contribution in [0.2, 0.25) is 0 Å². The lowest BCUT2D eigenvalue weighted by Gasteiger charge is -2.39. The first-order valence-corrected chi connectivity index (χ1v) is 6.39. The number of carbonyl (C=O) groups is 2. The molecule has 1 atom stereocenters. The summed E-state index contributed by atoms with van der Waals surface area (Å²) in [5.41, 5.74) is -1.78. The van der Waals surface area contributed by atoms with Gasteiger partial charge in [-0.1, -0.05) is 27.7 Å². The molecule has 1 unspecified atom stereocenters. The van der Waals surface area contributed by atoms with E-state index < -0.39 is 17.1 Å². The molecule has 1 aliphatic carbocycles. The minimum absolute atomic E-state index is 0.00907. The number of ketones is 1. The first-order chi connectivity index (χ1) is 7.94. The minimum Gasteiger partial charge on any atom is -0.434 e. The molecular formula is C14H25NO3. The Hall–Kier alpha value is -1.06. The summed E-state index contributed by atoms with van der Waals surface area (Å²) in [4.78, 5) is 25.8. The average Bonchev–Trinajstić information content (AvgIpc) is 2.95. The quantitative estimate of drug-likeness (QED) is 0.779. The lowest BCUT2D eigenvalue weighted by Crippen LogP contribution is -2.53. The van der Waals surface area contributed by atoms with E-state index in [1.165, 1.54) is 4.90 Å². The van der Waals surface area contributed by atoms with E-state index in [0.717, 1.165) is 12.8 Å². The zero-order valence-electron chi connectivity index (χ0n) is 12.6. The molecule has 0 saturated heterocycles. The van der Waals surface area contributed by atoms with Gasteiger partial charge in [0.05, 0.1) is 0 Å². The molecule has 0 spiro atoms. The van der Waals surface area contributed by atoms with Crippen LogP contribution in [-0.4, -0.2) is 36.5 Å². The molecular weight excluding hydrogens is 230 g/mol. The smallest absolute Gasteiger partial charge is 0.410 e. The molecule has 0 radical (unpaired) electrons. The van der Waals surface area contributed by atoms with Crippen molar-refractivity contribution in [2.24, 2.45) is 10.8 Å². The Labute approximate surface area is 110 Å². The number of hydrogen-bond donors (Lipinski definition) is 0. The molecule has 4 heteroatoms. The van der Waals surface area contributed by atoms with Gasteiger partial charge in [-0.3, -0.25) is 4.79 Å². The van der Waals surface area contributed by atoms with Crippen molar-refractivity contribution in [1.82, 2.24) is 4.90 Å². The summed E-state index contributed by atoms with van der Waals surface area (Å²) >= 11 is 0. The Kier molecular flexibility index (Phi) is 3.54. The van der Waals surface area contributed by atoms with Gasteiger partial charge in [-0.2, -0.15) is 0 Å². The molecule has 0 aromatic rings. The second-order valence-corrected chi connectivity index (χ2v) is 6.94. The van der Waals surface area contributed by atoms with Crippen LogP contribution < -0.4 is 0 Å². The third-order valence-electron chi connectivity index (χ3n) is 3.92. The fourth-order valence-electron chi connectivity index (χ4n) is 2.09. The van der Waals surface area contributed by atoms with Crippen molar-refractivity contribution in [2.75, 3.05) is 14.1 Å². The Balaban J connectivity index is 3.05. The molecule has 1 saturated carbocycles. The molecule has 1 fully saturated rings. The van der Waals surface area contributed by atoms with Crippen LogP contribution in [0.15, 0.2) is 0 Å². The summed E-state index contributed by atoms with van der Waals surface area (Å²) in [6.07, 6.45) is 1.39. The van der Waals surface area contributed by atoms with E-state index in [-0.39, 0.29) is 11.2 Å². The highest BCUT2D eigenvalue weighted by atomic mass is 16.6. The molecule has 1 aliphatic rings. The van der Waals surface area contributed by atoms with E-state index in [0.29, 0.717) is 0 Å². The van der Waals surface area contributed by atoms with E-state index in [1.807, 2.05) is 27.7 Å². The van der Waals surface area contributed by atoms with Gasteiger partial charge in [0, 0.05) is 24.9 Å². The summed E-state index contributed by atoms with van der Waals surface area (Å²) in [6.45, 7) is 9.36. The highest BCUT2D eigenvalue weighted by Crippen LogP contribution is 2.57. The van der Waals surface area contributed by atoms with Crippen molar-refractivity contribution >= 4 is 11.9 Å². The zero-order chi connectivity index (χ0) is 14.4. The SMILES string of the molecule is CN(C)C(=O)OC(C)(C(=O)C(C)(C)C)C1(C)CC1. The highest BCUT2D eigenvalue weighted by molar-refractivity contribution is 5.94. The Morgan fingerprint density at radius 2 is 1.56 bits per heavy atom. The van der Waals surface area contributed by atoms with Crippen LogP contribution in [0.3, 0.4) is 0 Å². The van der Waals surface area contributed by atoms with Crippen LogP contribution in [0.5, 0.6) is 0 Å². The molecule has 104 valence electrons. The van der Waals surface area contributed by atoms with E-state index in [1.54, 1.807) is 21.0 Å². The fraction of sp³-hybridized carbons (Fsp3) is 0.857. The average molecular weight is 255 g/mol. The second-order valence-electron chi connectivity index (χ2n) is 6.94. The van der Waals surface area contributed by atoms with Crippen molar-refractivity contribution in [3.05, 3.63) is 0 Å². The highest BCUT2D eigenvalue weighted by Gasteiger charge is 2.61. The summed E-state index contributed by atoms with van der Waals surface area (Å²) in [7, 11) is 3.25. The molecule has 18 heavy (non-hydrogen) atoms. The first kappa shape index (κ1) is 15.0. The predicted octanol–water partition coefficient (Wildman–Crippen LogP) is 2.86. The largest absolute Gasteiger partial charge is 0.434 e. The van der Waals surface area contributed by atoms with E-state index >= 15 is 0 Å². The van der Waals surface area contributed by atoms with Crippen molar-refractivity contribution < 1.29 is 14.3 Å². The Bertz CT molecular complexity index is 364. The summed E-state index contributed by atoms with van der Waals surface area (Å²) in [5, 5.41) is 0. The lowest BCUT2D eigenvalue weighted by molar-refractivity contribution is -0.152. The van der Waals surface area contributed by atoms with E-state index in [4.69, 9.17) is 4.74 Å². The number of hydrogen-bond acceptors (Lipinski definition) is 3. The maximum Gasteiger partial charge on any atom is 0.410 e. The molecule has 0 aromatic carbocycles. The standard InChI is InChI=1S/C14H25NO3/c1-12(2,3)10(16)14(5,13(4)8-9-13)18-11(17)15(6)7/h8-9H2,1-7H3. The molecule has 4 nitrogen and oxygen atoms in total. The van der Waals surface area contributed by atoms with Crippen LogP contribution in [0.4, 0.5) is 4.79 Å². The molecule has 0 N–H and O–H groups in total. The molecule has 1 rings (SSSR count). The molecule has 1 amide bonds. The predicted molar refractivity (Wildman–Crippen MR) is 70.4 cm³/mol. The monoisotopic (exact) mass is 255 g/mol. The van der Waals surface area contributed by atoms with Gasteiger partial charge >= 0.3 is 6.09 Å². The Morgan fingerprint density at radius 1 is 1.11 bits per heavy atom. The third kappa shape index (κ3) is 2.52. The van der Waals surface area contributed by atoms with Crippen molar-refractivity contribution in [2.45, 2.75) is 53.1 Å². The number of nitrogens with zero attached hydrogens (tertiary/aromatic N) is 1. The van der Waals surface area contributed by atoms with Crippen LogP contribution in [0, 0.1) is 10.8 Å². The maximum absolute atomic E-state index is 12.6. The second kappa shape index (κ2) is 4.25. The van der Waals surface area contributed by atoms with Gasteiger partial charge in [0.25, 0.3) is 0 Å². The molecule has 0 aliphatic heterocycles. The van der Waals surface area contributed by atoms with Crippen molar-refractivity contribution in [1.29, 1.82) is 0 Å². The van der Waals surface area contributed by atoms with E-state index in [9.17, 15) is 9.59 Å². The minimum atomic E-state index is -1.04. The van der Waals surface area contributed by atoms with Crippen molar-refractivity contribution in [3.8, 4) is 0 Å². The number of carbonyl (C=O) groups excluding carboxylic acids is 2. The number of ether oxygens (including phenoxy) is 1. The number of rotatable bonds is 3. The number of Topliss-reactive ketones (excluding diaryl/α,β-unsaturated/α-hetero) is 1. The maximum atomic E-state index is 12.6. The molecule has 0 heterocycles. The Morgan fingerprint density at radius 3 is 1.83 bits per heavy atom. The van der Waals surface area contributed by atoms with E-state index in [2.05, 4.69) is 0 Å². The summed E-state index contributed by atoms with van der Waals surface area (Å²) < 4.78 is 5.55. The lowest BCUT2D eigenvalue weighted by atomic mass is 9.73. The van der Waals surface area contributed by atoms with Crippen molar-refractivity contribution in [3.63, 3.8) is 0 Å². The molecule has 0 bridgehead atoms. The zero-order valence-corrected chi connectivity index (χ0v) is 12.6. The van der Waals surface area contributed by atoms with Crippen LogP contribution in [-0.2, 0) is 9.53 Å². The van der Waals surface area contributed by atoms with Crippen LogP contribution in [0.25, 0.3) is 0 Å². The van der Waals surface area contributed by atoms with Gasteiger partial charge < -0.3 is 9.64 Å². The molecule has 0 aromatic heterocycles. The fourth-order valence-corrected chi connectivity index (χ4v) is 2.09. The summed E-state index contributed by atoms with van der Waals surface area (Å²) in [6, 6.07) is 0. The van der Waals surface area contributed by atoms with Gasteiger partial charge in [-0.25, -0.2) is 4.79 Å². The van der Waals surface area contributed by atoms with Crippen LogP contribution >= 0.6 is 0 Å². The van der Waals surface area contributed by atoms with Gasteiger partial charge in [-0.05, 0) is 19.8 Å². The van der Waals surface area contributed by atoms with Gasteiger partial charge in [0.1, 0.15) is 0 Å². The first-order valence-electron chi connectivity index (χ1n) is 6.39. The topological polar surface area (TPSA) is 46.6 Å². The normalized spacial score (nSPS) is 20.8.